The highest BCUT2D eigenvalue weighted by molar-refractivity contribution is 6.32. The van der Waals surface area contributed by atoms with Gasteiger partial charge in [-0.25, -0.2) is 0 Å². The fraction of sp³-hybridized carbons (Fsp3) is 0.333. The van der Waals surface area contributed by atoms with E-state index < -0.39 is 35.1 Å². The number of hydrogen-bond donors (Lipinski definition) is 2. The number of alkyl halides is 2. The van der Waals surface area contributed by atoms with Crippen LogP contribution in [0.15, 0.2) is 36.4 Å². The minimum atomic E-state index is -3.01. The Bertz CT molecular complexity index is 1040. The van der Waals surface area contributed by atoms with E-state index in [2.05, 4.69) is 15.4 Å². The summed E-state index contributed by atoms with van der Waals surface area (Å²) in [7, 11) is 1.29. The lowest BCUT2D eigenvalue weighted by Gasteiger charge is -2.22. The van der Waals surface area contributed by atoms with E-state index in [9.17, 15) is 28.5 Å². The number of carbonyl (C=O) groups excluding carboxylic acids is 2. The molecule has 0 radical (unpaired) electrons. The number of methoxy groups -OCH3 is 1. The van der Waals surface area contributed by atoms with Crippen molar-refractivity contribution in [2.24, 2.45) is 5.92 Å². The summed E-state index contributed by atoms with van der Waals surface area (Å²) in [6.07, 6.45) is 0. The second-order valence-corrected chi connectivity index (χ2v) is 7.61. The van der Waals surface area contributed by atoms with E-state index in [0.717, 1.165) is 6.07 Å². The molecule has 2 amide bonds. The number of hydrogen-bond acceptors (Lipinski definition) is 6. The molecule has 0 aliphatic heterocycles. The summed E-state index contributed by atoms with van der Waals surface area (Å²) in [6, 6.07) is 6.84. The van der Waals surface area contributed by atoms with Gasteiger partial charge in [0.15, 0.2) is 11.5 Å². The van der Waals surface area contributed by atoms with Crippen molar-refractivity contribution in [3.8, 4) is 11.5 Å². The maximum atomic E-state index is 12.7. The van der Waals surface area contributed by atoms with Gasteiger partial charge >= 0.3 is 6.61 Å². The molecule has 0 aliphatic carbocycles. The molecule has 0 aliphatic rings. The Morgan fingerprint density at radius 2 is 1.85 bits per heavy atom. The first-order valence-corrected chi connectivity index (χ1v) is 10.1. The molecule has 9 nitrogen and oxygen atoms in total. The molecule has 0 saturated carbocycles. The molecule has 1 atom stereocenters. The first-order valence-electron chi connectivity index (χ1n) is 9.67. The summed E-state index contributed by atoms with van der Waals surface area (Å²) in [4.78, 5) is 35.6. The van der Waals surface area contributed by atoms with Crippen LogP contribution in [-0.4, -0.2) is 36.5 Å². The zero-order chi connectivity index (χ0) is 24.7. The average Bonchev–Trinajstić information content (AvgIpc) is 2.75. The molecule has 0 heterocycles. The number of nitrogens with zero attached hydrogens (tertiary/aromatic N) is 1. The minimum Gasteiger partial charge on any atom is -0.493 e. The molecule has 0 saturated heterocycles. The molecule has 178 valence electrons. The number of benzene rings is 2. The second-order valence-electron chi connectivity index (χ2n) is 7.20. The Hall–Kier alpha value is -3.47. The van der Waals surface area contributed by atoms with Crippen molar-refractivity contribution in [2.75, 3.05) is 7.11 Å². The zero-order valence-corrected chi connectivity index (χ0v) is 18.7. The summed E-state index contributed by atoms with van der Waals surface area (Å²) in [5.41, 5.74) is 0.0935. The number of nitrogens with one attached hydrogen (secondary N) is 2. The quantitative estimate of drug-likeness (QED) is 0.388. The number of ether oxygens (including phenoxy) is 2. The molecular formula is C21H22ClF2N3O6. The van der Waals surface area contributed by atoms with Crippen LogP contribution in [0, 0.1) is 16.0 Å². The lowest BCUT2D eigenvalue weighted by molar-refractivity contribution is -0.384. The van der Waals surface area contributed by atoms with Crippen molar-refractivity contribution in [1.29, 1.82) is 0 Å². The van der Waals surface area contributed by atoms with Crippen LogP contribution in [0.4, 0.5) is 14.5 Å². The zero-order valence-electron chi connectivity index (χ0n) is 17.9. The number of nitro benzene ring substituents is 1. The lowest BCUT2D eigenvalue weighted by Crippen LogP contribution is -2.49. The van der Waals surface area contributed by atoms with Crippen LogP contribution in [-0.2, 0) is 11.3 Å². The maximum Gasteiger partial charge on any atom is 0.387 e. The molecule has 2 aromatic carbocycles. The van der Waals surface area contributed by atoms with Crippen molar-refractivity contribution in [3.05, 3.63) is 62.7 Å². The van der Waals surface area contributed by atoms with E-state index >= 15 is 0 Å². The van der Waals surface area contributed by atoms with Crippen molar-refractivity contribution in [3.63, 3.8) is 0 Å². The van der Waals surface area contributed by atoms with E-state index in [0.29, 0.717) is 5.56 Å². The molecule has 0 bridgehead atoms. The lowest BCUT2D eigenvalue weighted by atomic mass is 10.0. The van der Waals surface area contributed by atoms with E-state index in [1.807, 2.05) is 0 Å². The van der Waals surface area contributed by atoms with Gasteiger partial charge in [0.25, 0.3) is 11.6 Å². The second kappa shape index (κ2) is 11.4. The van der Waals surface area contributed by atoms with Crippen molar-refractivity contribution >= 4 is 29.1 Å². The average molecular weight is 486 g/mol. The Morgan fingerprint density at radius 3 is 2.42 bits per heavy atom. The third kappa shape index (κ3) is 7.01. The van der Waals surface area contributed by atoms with Crippen LogP contribution < -0.4 is 20.1 Å². The molecule has 0 spiro atoms. The highest BCUT2D eigenvalue weighted by Crippen LogP contribution is 2.29. The fourth-order valence-electron chi connectivity index (χ4n) is 2.87. The topological polar surface area (TPSA) is 120 Å². The normalized spacial score (nSPS) is 11.8. The van der Waals surface area contributed by atoms with E-state index in [-0.39, 0.29) is 34.5 Å². The standard InChI is InChI=1S/C21H22ClF2N3O6/c1-11(2)18(26-19(28)13-5-6-14(22)15(9-13)27(30)31)20(29)25-10-12-4-7-16(33-21(23)24)17(8-12)32-3/h4-9,11,18,21H,10H2,1-3H3,(H,25,29)(H,26,28). The van der Waals surface area contributed by atoms with Gasteiger partial charge in [-0.3, -0.25) is 19.7 Å². The first-order chi connectivity index (χ1) is 15.5. The van der Waals surface area contributed by atoms with Crippen LogP contribution in [0.1, 0.15) is 29.8 Å². The van der Waals surface area contributed by atoms with Gasteiger partial charge in [0.1, 0.15) is 11.1 Å². The molecule has 2 aromatic rings. The van der Waals surface area contributed by atoms with E-state index in [1.54, 1.807) is 13.8 Å². The monoisotopic (exact) mass is 485 g/mol. The van der Waals surface area contributed by atoms with Crippen LogP contribution in [0.25, 0.3) is 0 Å². The number of carbonyl (C=O) groups is 2. The van der Waals surface area contributed by atoms with Gasteiger partial charge in [-0.15, -0.1) is 0 Å². The van der Waals surface area contributed by atoms with Crippen LogP contribution in [0.2, 0.25) is 5.02 Å². The summed E-state index contributed by atoms with van der Waals surface area (Å²) < 4.78 is 34.3. The van der Waals surface area contributed by atoms with Gasteiger partial charge in [-0.2, -0.15) is 8.78 Å². The predicted molar refractivity (Wildman–Crippen MR) is 116 cm³/mol. The van der Waals surface area contributed by atoms with Gasteiger partial charge in [0.2, 0.25) is 5.91 Å². The van der Waals surface area contributed by atoms with E-state index in [1.165, 1.54) is 37.4 Å². The van der Waals surface area contributed by atoms with Crippen molar-refractivity contribution in [1.82, 2.24) is 10.6 Å². The van der Waals surface area contributed by atoms with Gasteiger partial charge in [-0.05, 0) is 35.7 Å². The summed E-state index contributed by atoms with van der Waals surface area (Å²) in [5.74, 6) is -1.58. The Kier molecular flexibility index (Phi) is 8.92. The van der Waals surface area contributed by atoms with Crippen LogP contribution >= 0.6 is 11.6 Å². The Morgan fingerprint density at radius 1 is 1.15 bits per heavy atom. The van der Waals surface area contributed by atoms with Gasteiger partial charge in [0, 0.05) is 18.2 Å². The number of amides is 2. The molecule has 12 heteroatoms. The third-order valence-corrected chi connectivity index (χ3v) is 4.87. The fourth-order valence-corrected chi connectivity index (χ4v) is 3.05. The SMILES string of the molecule is COc1cc(CNC(=O)C(NC(=O)c2ccc(Cl)c([N+](=O)[O-])c2)C(C)C)ccc1OC(F)F. The van der Waals surface area contributed by atoms with Crippen LogP contribution in [0.3, 0.4) is 0 Å². The first kappa shape index (κ1) is 25.8. The summed E-state index contributed by atoms with van der Waals surface area (Å²) >= 11 is 5.77. The maximum absolute atomic E-state index is 12.7. The molecule has 0 aromatic heterocycles. The molecule has 2 rings (SSSR count). The van der Waals surface area contributed by atoms with E-state index in [4.69, 9.17) is 16.3 Å². The van der Waals surface area contributed by atoms with Gasteiger partial charge < -0.3 is 20.1 Å². The van der Waals surface area contributed by atoms with Gasteiger partial charge in [-0.1, -0.05) is 31.5 Å². The highest BCUT2D eigenvalue weighted by Gasteiger charge is 2.26. The van der Waals surface area contributed by atoms with Gasteiger partial charge in [0.05, 0.1) is 12.0 Å². The molecule has 33 heavy (non-hydrogen) atoms. The van der Waals surface area contributed by atoms with Crippen molar-refractivity contribution < 1.29 is 32.8 Å². The largest absolute Gasteiger partial charge is 0.493 e. The molecule has 2 N–H and O–H groups in total. The number of halogens is 3. The minimum absolute atomic E-state index is 0.0235. The highest BCUT2D eigenvalue weighted by atomic mass is 35.5. The molecular weight excluding hydrogens is 464 g/mol. The van der Waals surface area contributed by atoms with Crippen LogP contribution in [0.5, 0.6) is 11.5 Å². The molecule has 0 fully saturated rings. The number of rotatable bonds is 10. The smallest absolute Gasteiger partial charge is 0.387 e. The summed E-state index contributed by atoms with van der Waals surface area (Å²) in [5, 5.41) is 16.2. The Labute approximate surface area is 193 Å². The third-order valence-electron chi connectivity index (χ3n) is 4.55. The molecule has 1 unspecified atom stereocenters. The summed E-state index contributed by atoms with van der Waals surface area (Å²) in [6.45, 7) is 0.445. The van der Waals surface area contributed by atoms with Crippen molar-refractivity contribution in [2.45, 2.75) is 33.0 Å². The predicted octanol–water partition coefficient (Wildman–Crippen LogP) is 3.93. The number of nitro groups is 1. The Balaban J connectivity index is 2.09.